The van der Waals surface area contributed by atoms with Crippen LogP contribution in [0, 0.1) is 6.92 Å². The van der Waals surface area contributed by atoms with Gasteiger partial charge >= 0.3 is 6.18 Å². The van der Waals surface area contributed by atoms with Gasteiger partial charge in [-0.3, -0.25) is 4.79 Å². The summed E-state index contributed by atoms with van der Waals surface area (Å²) in [5.74, 6) is 5.74. The number of anilines is 1. The molecule has 30 heavy (non-hydrogen) atoms. The molecule has 1 aliphatic heterocycles. The monoisotopic (exact) mass is 440 g/mol. The van der Waals surface area contributed by atoms with Gasteiger partial charge in [-0.25, -0.2) is 20.8 Å². The van der Waals surface area contributed by atoms with E-state index < -0.39 is 28.7 Å². The highest BCUT2D eigenvalue weighted by molar-refractivity contribution is 6.34. The number of carbonyl (C=O) groups is 1. The van der Waals surface area contributed by atoms with Crippen LogP contribution in [0.3, 0.4) is 0 Å². The van der Waals surface area contributed by atoms with Crippen molar-refractivity contribution in [1.82, 2.24) is 14.9 Å². The Morgan fingerprint density at radius 3 is 2.67 bits per heavy atom. The van der Waals surface area contributed by atoms with E-state index in [9.17, 15) is 18.0 Å². The van der Waals surface area contributed by atoms with E-state index in [1.165, 1.54) is 16.0 Å². The summed E-state index contributed by atoms with van der Waals surface area (Å²) in [6.07, 6.45) is -2.83. The number of rotatable bonds is 3. The second kappa shape index (κ2) is 8.11. The van der Waals surface area contributed by atoms with E-state index in [1.807, 2.05) is 0 Å². The van der Waals surface area contributed by atoms with E-state index in [2.05, 4.69) is 9.97 Å². The van der Waals surface area contributed by atoms with Gasteiger partial charge in [-0.05, 0) is 32.0 Å². The lowest BCUT2D eigenvalue weighted by molar-refractivity contribution is -0.137. The smallest absolute Gasteiger partial charge is 0.399 e. The number of nitrogens with zero attached hydrogens (tertiary/aromatic N) is 4. The van der Waals surface area contributed by atoms with Crippen molar-refractivity contribution in [2.75, 3.05) is 11.6 Å². The number of aromatic nitrogens is 2. The Labute approximate surface area is 176 Å². The largest absolute Gasteiger partial charge is 0.417 e. The first-order valence-electron chi connectivity index (χ1n) is 9.02. The second-order valence-corrected chi connectivity index (χ2v) is 7.24. The van der Waals surface area contributed by atoms with Gasteiger partial charge in [-0.15, -0.1) is 0 Å². The van der Waals surface area contributed by atoms with Crippen LogP contribution in [-0.4, -0.2) is 33.4 Å². The quantitative estimate of drug-likeness (QED) is 0.561. The minimum atomic E-state index is -4.67. The molecule has 7 nitrogen and oxygen atoms in total. The molecule has 0 aliphatic carbocycles. The Morgan fingerprint density at radius 1 is 1.33 bits per heavy atom. The topological polar surface area (TPSA) is 101 Å². The number of benzene rings is 1. The molecule has 0 spiro atoms. The summed E-state index contributed by atoms with van der Waals surface area (Å²) in [6, 6.07) is 4.34. The van der Waals surface area contributed by atoms with Crippen molar-refractivity contribution in [3.05, 3.63) is 63.7 Å². The lowest BCUT2D eigenvalue weighted by Crippen LogP contribution is -2.49. The average molecular weight is 441 g/mol. The molecule has 2 aromatic rings. The number of nitrogens with two attached hydrogens (primary N) is 2. The summed E-state index contributed by atoms with van der Waals surface area (Å²) in [5.41, 5.74) is 6.49. The molecule has 160 valence electrons. The summed E-state index contributed by atoms with van der Waals surface area (Å²) in [5, 5.41) is 0.627. The van der Waals surface area contributed by atoms with Crippen LogP contribution < -0.4 is 16.6 Å². The summed E-state index contributed by atoms with van der Waals surface area (Å²) in [7, 11) is 0. The van der Waals surface area contributed by atoms with Crippen molar-refractivity contribution in [2.24, 2.45) is 11.6 Å². The maximum atomic E-state index is 13.1. The summed E-state index contributed by atoms with van der Waals surface area (Å²) in [4.78, 5) is 22.7. The fraction of sp³-hybridized carbons (Fsp3) is 0.316. The minimum absolute atomic E-state index is 0.183. The highest BCUT2D eigenvalue weighted by atomic mass is 35.5. The third-order valence-corrected chi connectivity index (χ3v) is 5.33. The first-order valence-corrected chi connectivity index (χ1v) is 9.39. The average Bonchev–Trinajstić information content (AvgIpc) is 2.68. The first-order chi connectivity index (χ1) is 14.0. The SMILES string of the molecule is Cc1ccnc(N(N)C2=C(N)C(C)N(C(=O)c3cccc(C(F)(F)F)c3Cl)CC2)n1. The standard InChI is InChI=1S/C19H20ClF3N6O/c1-10-6-8-26-18(27-10)29(25)14-7-9-28(11(2)16(14)24)17(30)12-4-3-5-13(15(12)20)19(21,22)23/h3-6,8,11H,7,9,24-25H2,1-2H3. The number of hydrazine groups is 1. The first kappa shape index (κ1) is 21.8. The number of carbonyl (C=O) groups excluding carboxylic acids is 1. The molecule has 1 amide bonds. The van der Waals surface area contributed by atoms with E-state index in [4.69, 9.17) is 23.2 Å². The minimum Gasteiger partial charge on any atom is -0.399 e. The van der Waals surface area contributed by atoms with Crippen molar-refractivity contribution in [3.8, 4) is 0 Å². The maximum absolute atomic E-state index is 13.1. The molecule has 0 fully saturated rings. The van der Waals surface area contributed by atoms with Crippen molar-refractivity contribution in [1.29, 1.82) is 0 Å². The van der Waals surface area contributed by atoms with Gasteiger partial charge in [0, 0.05) is 24.9 Å². The van der Waals surface area contributed by atoms with E-state index in [1.54, 1.807) is 26.1 Å². The molecule has 0 saturated carbocycles. The molecular formula is C19H20ClF3N6O. The van der Waals surface area contributed by atoms with E-state index >= 15 is 0 Å². The molecular weight excluding hydrogens is 421 g/mol. The Bertz CT molecular complexity index is 1010. The van der Waals surface area contributed by atoms with Crippen molar-refractivity contribution >= 4 is 23.5 Å². The normalized spacial score (nSPS) is 17.3. The van der Waals surface area contributed by atoms with Gasteiger partial charge in [0.2, 0.25) is 5.95 Å². The Morgan fingerprint density at radius 2 is 2.03 bits per heavy atom. The third kappa shape index (κ3) is 4.05. The highest BCUT2D eigenvalue weighted by Gasteiger charge is 2.37. The molecule has 1 aliphatic rings. The zero-order valence-corrected chi connectivity index (χ0v) is 17.0. The van der Waals surface area contributed by atoms with Gasteiger partial charge in [-0.2, -0.15) is 13.2 Å². The van der Waals surface area contributed by atoms with Crippen LogP contribution in [0.4, 0.5) is 19.1 Å². The molecule has 1 aromatic carbocycles. The summed E-state index contributed by atoms with van der Waals surface area (Å²) >= 11 is 5.91. The Balaban J connectivity index is 1.90. The zero-order chi connectivity index (χ0) is 22.2. The van der Waals surface area contributed by atoms with Gasteiger partial charge in [0.25, 0.3) is 5.91 Å². The molecule has 0 saturated heterocycles. The molecule has 4 N–H and O–H groups in total. The predicted molar refractivity (Wildman–Crippen MR) is 106 cm³/mol. The fourth-order valence-electron chi connectivity index (χ4n) is 3.25. The van der Waals surface area contributed by atoms with E-state index in [0.717, 1.165) is 17.8 Å². The molecule has 1 atom stereocenters. The van der Waals surface area contributed by atoms with Crippen LogP contribution in [0.25, 0.3) is 0 Å². The lowest BCUT2D eigenvalue weighted by atomic mass is 10.0. The zero-order valence-electron chi connectivity index (χ0n) is 16.2. The Kier molecular flexibility index (Phi) is 5.91. The van der Waals surface area contributed by atoms with Crippen LogP contribution in [0.15, 0.2) is 41.9 Å². The number of aryl methyl sites for hydroxylation is 1. The molecule has 1 unspecified atom stereocenters. The molecule has 1 aromatic heterocycles. The number of halogens is 4. The molecule has 2 heterocycles. The fourth-order valence-corrected chi connectivity index (χ4v) is 3.57. The number of alkyl halides is 3. The van der Waals surface area contributed by atoms with Crippen molar-refractivity contribution in [3.63, 3.8) is 0 Å². The van der Waals surface area contributed by atoms with Crippen LogP contribution in [0.5, 0.6) is 0 Å². The Hall–Kier alpha value is -2.85. The molecule has 0 bridgehead atoms. The molecule has 0 radical (unpaired) electrons. The predicted octanol–water partition coefficient (Wildman–Crippen LogP) is 3.24. The van der Waals surface area contributed by atoms with Crippen LogP contribution in [-0.2, 0) is 6.18 Å². The van der Waals surface area contributed by atoms with Gasteiger partial charge in [0.1, 0.15) is 0 Å². The maximum Gasteiger partial charge on any atom is 0.417 e. The van der Waals surface area contributed by atoms with Gasteiger partial charge in [0.15, 0.2) is 0 Å². The van der Waals surface area contributed by atoms with Gasteiger partial charge < -0.3 is 10.6 Å². The number of hydrogen-bond donors (Lipinski definition) is 2. The van der Waals surface area contributed by atoms with Crippen LogP contribution in [0.1, 0.15) is 35.0 Å². The molecule has 11 heteroatoms. The van der Waals surface area contributed by atoms with Crippen LogP contribution in [0.2, 0.25) is 5.02 Å². The lowest BCUT2D eigenvalue weighted by Gasteiger charge is -2.37. The van der Waals surface area contributed by atoms with E-state index in [0.29, 0.717) is 11.4 Å². The van der Waals surface area contributed by atoms with Crippen LogP contribution >= 0.6 is 11.6 Å². The van der Waals surface area contributed by atoms with Gasteiger partial charge in [0.05, 0.1) is 33.6 Å². The van der Waals surface area contributed by atoms with Gasteiger partial charge in [-0.1, -0.05) is 17.7 Å². The van der Waals surface area contributed by atoms with Crippen molar-refractivity contribution < 1.29 is 18.0 Å². The second-order valence-electron chi connectivity index (χ2n) is 6.86. The summed E-state index contributed by atoms with van der Waals surface area (Å²) < 4.78 is 39.4. The van der Waals surface area contributed by atoms with E-state index in [-0.39, 0.29) is 24.5 Å². The summed E-state index contributed by atoms with van der Waals surface area (Å²) in [6.45, 7) is 3.64. The third-order valence-electron chi connectivity index (χ3n) is 4.92. The number of amides is 1. The highest BCUT2D eigenvalue weighted by Crippen LogP contribution is 2.37. The molecule has 3 rings (SSSR count). The number of hydrogen-bond acceptors (Lipinski definition) is 6. The van der Waals surface area contributed by atoms with Crippen molar-refractivity contribution in [2.45, 2.75) is 32.5 Å².